The van der Waals surface area contributed by atoms with E-state index in [0.717, 1.165) is 36.0 Å². The van der Waals surface area contributed by atoms with E-state index in [1.165, 1.54) is 18.4 Å². The van der Waals surface area contributed by atoms with Crippen LogP contribution < -0.4 is 4.90 Å². The van der Waals surface area contributed by atoms with Gasteiger partial charge in [-0.15, -0.1) is 0 Å². The van der Waals surface area contributed by atoms with Crippen LogP contribution in [0.4, 0.5) is 5.95 Å². The molecular formula is C16H19N3. The molecule has 0 aliphatic carbocycles. The molecule has 0 atom stereocenters. The maximum atomic E-state index is 4.73. The smallest absolute Gasteiger partial charge is 0.226 e. The fourth-order valence-corrected chi connectivity index (χ4v) is 2.48. The van der Waals surface area contributed by atoms with Crippen LogP contribution in [0.1, 0.15) is 24.1 Å². The van der Waals surface area contributed by atoms with Crippen LogP contribution in [0.2, 0.25) is 0 Å². The number of rotatable bonds is 2. The Kier molecular flexibility index (Phi) is 3.20. The SMILES string of the molecule is Cc1ccc(-c2cc(C)nc(N3CCCC3)n2)cc1. The molecule has 0 radical (unpaired) electrons. The van der Waals surface area contributed by atoms with Crippen LogP contribution in [0.3, 0.4) is 0 Å². The van der Waals surface area contributed by atoms with Crippen LogP contribution in [-0.2, 0) is 0 Å². The average molecular weight is 253 g/mol. The molecule has 98 valence electrons. The van der Waals surface area contributed by atoms with Gasteiger partial charge in [0.25, 0.3) is 0 Å². The molecule has 1 aliphatic rings. The van der Waals surface area contributed by atoms with Crippen molar-refractivity contribution in [1.82, 2.24) is 9.97 Å². The summed E-state index contributed by atoms with van der Waals surface area (Å²) >= 11 is 0. The largest absolute Gasteiger partial charge is 0.341 e. The summed E-state index contributed by atoms with van der Waals surface area (Å²) in [6, 6.07) is 10.6. The summed E-state index contributed by atoms with van der Waals surface area (Å²) in [6.07, 6.45) is 2.49. The van der Waals surface area contributed by atoms with Crippen molar-refractivity contribution < 1.29 is 0 Å². The van der Waals surface area contributed by atoms with Crippen molar-refractivity contribution in [3.63, 3.8) is 0 Å². The van der Waals surface area contributed by atoms with Crippen LogP contribution >= 0.6 is 0 Å². The number of aryl methyl sites for hydroxylation is 2. The lowest BCUT2D eigenvalue weighted by atomic mass is 10.1. The second-order valence-electron chi connectivity index (χ2n) is 5.25. The normalized spacial score (nSPS) is 14.9. The number of anilines is 1. The minimum absolute atomic E-state index is 0.882. The standard InChI is InChI=1S/C16H19N3/c1-12-5-7-14(8-6-12)15-11-13(2)17-16(18-15)19-9-3-4-10-19/h5-8,11H,3-4,9-10H2,1-2H3. The molecule has 3 rings (SSSR count). The van der Waals surface area contributed by atoms with Gasteiger partial charge in [0.2, 0.25) is 5.95 Å². The molecule has 3 nitrogen and oxygen atoms in total. The molecule has 0 saturated carbocycles. The summed E-state index contributed by atoms with van der Waals surface area (Å²) in [6.45, 7) is 6.30. The molecule has 19 heavy (non-hydrogen) atoms. The van der Waals surface area contributed by atoms with E-state index in [2.05, 4.69) is 47.1 Å². The van der Waals surface area contributed by atoms with Gasteiger partial charge in [0, 0.05) is 24.3 Å². The van der Waals surface area contributed by atoms with Gasteiger partial charge in [-0.2, -0.15) is 0 Å². The van der Waals surface area contributed by atoms with Crippen molar-refractivity contribution >= 4 is 5.95 Å². The van der Waals surface area contributed by atoms with Gasteiger partial charge in [0.1, 0.15) is 0 Å². The van der Waals surface area contributed by atoms with Gasteiger partial charge in [-0.05, 0) is 32.8 Å². The highest BCUT2D eigenvalue weighted by Gasteiger charge is 2.16. The molecule has 2 heterocycles. The fourth-order valence-electron chi connectivity index (χ4n) is 2.48. The number of benzene rings is 1. The van der Waals surface area contributed by atoms with E-state index in [-0.39, 0.29) is 0 Å². The summed E-state index contributed by atoms with van der Waals surface area (Å²) in [5.74, 6) is 0.882. The summed E-state index contributed by atoms with van der Waals surface area (Å²) in [5.41, 5.74) is 4.49. The second-order valence-corrected chi connectivity index (χ2v) is 5.25. The highest BCUT2D eigenvalue weighted by atomic mass is 15.3. The van der Waals surface area contributed by atoms with E-state index in [4.69, 9.17) is 4.98 Å². The first-order valence-corrected chi connectivity index (χ1v) is 6.90. The molecule has 0 spiro atoms. The first-order chi connectivity index (χ1) is 9.22. The van der Waals surface area contributed by atoms with E-state index in [9.17, 15) is 0 Å². The molecular weight excluding hydrogens is 234 g/mol. The third-order valence-corrected chi connectivity index (χ3v) is 3.58. The van der Waals surface area contributed by atoms with E-state index < -0.39 is 0 Å². The highest BCUT2D eigenvalue weighted by molar-refractivity contribution is 5.61. The highest BCUT2D eigenvalue weighted by Crippen LogP contribution is 2.23. The lowest BCUT2D eigenvalue weighted by Crippen LogP contribution is -2.20. The molecule has 1 saturated heterocycles. The molecule has 1 aromatic carbocycles. The van der Waals surface area contributed by atoms with Crippen molar-refractivity contribution in [1.29, 1.82) is 0 Å². The minimum Gasteiger partial charge on any atom is -0.341 e. The molecule has 0 unspecified atom stereocenters. The third kappa shape index (κ3) is 2.60. The predicted molar refractivity (Wildman–Crippen MR) is 78.4 cm³/mol. The van der Waals surface area contributed by atoms with Crippen molar-refractivity contribution in [3.05, 3.63) is 41.6 Å². The summed E-state index contributed by atoms with van der Waals surface area (Å²) in [5, 5.41) is 0. The summed E-state index contributed by atoms with van der Waals surface area (Å²) in [7, 11) is 0. The van der Waals surface area contributed by atoms with Gasteiger partial charge in [-0.25, -0.2) is 9.97 Å². The van der Waals surface area contributed by atoms with Crippen molar-refractivity contribution in [2.45, 2.75) is 26.7 Å². The van der Waals surface area contributed by atoms with Crippen LogP contribution in [0.15, 0.2) is 30.3 Å². The Hall–Kier alpha value is -1.90. The zero-order chi connectivity index (χ0) is 13.2. The Labute approximate surface area is 114 Å². The monoisotopic (exact) mass is 253 g/mol. The van der Waals surface area contributed by atoms with Crippen LogP contribution in [-0.4, -0.2) is 23.1 Å². The van der Waals surface area contributed by atoms with Gasteiger partial charge < -0.3 is 4.90 Å². The molecule has 1 fully saturated rings. The van der Waals surface area contributed by atoms with Crippen LogP contribution in [0.25, 0.3) is 11.3 Å². The van der Waals surface area contributed by atoms with Gasteiger partial charge >= 0.3 is 0 Å². The van der Waals surface area contributed by atoms with Crippen LogP contribution in [0.5, 0.6) is 0 Å². The first-order valence-electron chi connectivity index (χ1n) is 6.90. The van der Waals surface area contributed by atoms with E-state index >= 15 is 0 Å². The first kappa shape index (κ1) is 12.2. The number of hydrogen-bond donors (Lipinski definition) is 0. The molecule has 0 amide bonds. The maximum absolute atomic E-state index is 4.73. The van der Waals surface area contributed by atoms with E-state index in [1.807, 2.05) is 6.92 Å². The number of nitrogens with zero attached hydrogens (tertiary/aromatic N) is 3. The van der Waals surface area contributed by atoms with E-state index in [1.54, 1.807) is 0 Å². The molecule has 1 aromatic heterocycles. The predicted octanol–water partition coefficient (Wildman–Crippen LogP) is 3.36. The van der Waals surface area contributed by atoms with E-state index in [0.29, 0.717) is 0 Å². The van der Waals surface area contributed by atoms with Gasteiger partial charge in [-0.3, -0.25) is 0 Å². The topological polar surface area (TPSA) is 29.0 Å². The molecule has 0 N–H and O–H groups in total. The minimum atomic E-state index is 0.882. The molecule has 2 aromatic rings. The van der Waals surface area contributed by atoms with Gasteiger partial charge in [0.15, 0.2) is 0 Å². The lowest BCUT2D eigenvalue weighted by Gasteiger charge is -2.16. The Morgan fingerprint density at radius 1 is 0.947 bits per heavy atom. The van der Waals surface area contributed by atoms with Crippen LogP contribution in [0, 0.1) is 13.8 Å². The Morgan fingerprint density at radius 2 is 1.63 bits per heavy atom. The third-order valence-electron chi connectivity index (χ3n) is 3.58. The Bertz CT molecular complexity index is 569. The summed E-state index contributed by atoms with van der Waals surface area (Å²) < 4.78 is 0. The van der Waals surface area contributed by atoms with Crippen molar-refractivity contribution in [2.24, 2.45) is 0 Å². The quantitative estimate of drug-likeness (QED) is 0.821. The second kappa shape index (κ2) is 5.00. The lowest BCUT2D eigenvalue weighted by molar-refractivity contribution is 0.891. The molecule has 0 bridgehead atoms. The number of hydrogen-bond acceptors (Lipinski definition) is 3. The van der Waals surface area contributed by atoms with Gasteiger partial charge in [-0.1, -0.05) is 29.8 Å². The Morgan fingerprint density at radius 3 is 2.32 bits per heavy atom. The zero-order valence-corrected chi connectivity index (χ0v) is 11.6. The number of aromatic nitrogens is 2. The average Bonchev–Trinajstić information content (AvgIpc) is 2.93. The van der Waals surface area contributed by atoms with Gasteiger partial charge in [0.05, 0.1) is 5.69 Å². The van der Waals surface area contributed by atoms with Crippen molar-refractivity contribution in [2.75, 3.05) is 18.0 Å². The summed E-state index contributed by atoms with van der Waals surface area (Å²) in [4.78, 5) is 11.6. The zero-order valence-electron chi connectivity index (χ0n) is 11.6. The maximum Gasteiger partial charge on any atom is 0.226 e. The van der Waals surface area contributed by atoms with Crippen molar-refractivity contribution in [3.8, 4) is 11.3 Å². The molecule has 3 heteroatoms. The fraction of sp³-hybridized carbons (Fsp3) is 0.375. The molecule has 1 aliphatic heterocycles. The Balaban J connectivity index is 1.99.